The van der Waals surface area contributed by atoms with Crippen molar-refractivity contribution >= 4 is 29.1 Å². The molecular formula is C20H23ClF3N7O3. The lowest BCUT2D eigenvalue weighted by Crippen LogP contribution is -2.49. The van der Waals surface area contributed by atoms with E-state index in [0.717, 1.165) is 6.20 Å². The molecular weight excluding hydrogens is 479 g/mol. The summed E-state index contributed by atoms with van der Waals surface area (Å²) in [5.74, 6) is 0.531. The van der Waals surface area contributed by atoms with Crippen molar-refractivity contribution in [3.05, 3.63) is 39.5 Å². The third-order valence-corrected chi connectivity index (χ3v) is 5.97. The summed E-state index contributed by atoms with van der Waals surface area (Å²) in [6.07, 6.45) is -0.104. The number of alkyl halides is 3. The summed E-state index contributed by atoms with van der Waals surface area (Å²) in [6.45, 7) is 2.31. The molecule has 0 bridgehead atoms. The molecule has 4 rings (SSSR count). The summed E-state index contributed by atoms with van der Waals surface area (Å²) in [6, 6.07) is 0. The van der Waals surface area contributed by atoms with Crippen molar-refractivity contribution in [3.8, 4) is 0 Å². The van der Waals surface area contributed by atoms with Crippen molar-refractivity contribution in [2.75, 3.05) is 42.9 Å². The number of nitrogens with zero attached hydrogens (tertiary/aromatic N) is 5. The molecule has 2 atom stereocenters. The minimum absolute atomic E-state index is 0.0339. The maximum atomic E-state index is 13.2. The maximum Gasteiger partial charge on any atom is 0.423 e. The predicted molar refractivity (Wildman–Crippen MR) is 117 cm³/mol. The van der Waals surface area contributed by atoms with Crippen molar-refractivity contribution in [2.45, 2.75) is 37.6 Å². The second-order valence-corrected chi connectivity index (χ2v) is 8.53. The maximum absolute atomic E-state index is 13.2. The Hall–Kier alpha value is -2.93. The molecule has 2 aromatic heterocycles. The number of nitrogens with one attached hydrogen (secondary N) is 2. The monoisotopic (exact) mass is 501 g/mol. The molecule has 2 N–H and O–H groups in total. The van der Waals surface area contributed by atoms with Crippen molar-refractivity contribution < 1.29 is 22.7 Å². The van der Waals surface area contributed by atoms with E-state index in [1.54, 1.807) is 10.00 Å². The highest BCUT2D eigenvalue weighted by molar-refractivity contribution is 6.30. The Morgan fingerprint density at radius 1 is 1.15 bits per heavy atom. The minimum atomic E-state index is -4.81. The topological polar surface area (TPSA) is 116 Å². The van der Waals surface area contributed by atoms with Gasteiger partial charge in [0.15, 0.2) is 0 Å². The van der Waals surface area contributed by atoms with Crippen LogP contribution >= 0.6 is 11.6 Å². The van der Waals surface area contributed by atoms with Crippen LogP contribution in [0.4, 0.5) is 24.8 Å². The largest absolute Gasteiger partial charge is 0.423 e. The van der Waals surface area contributed by atoms with Crippen LogP contribution in [0.2, 0.25) is 5.02 Å². The lowest BCUT2D eigenvalue weighted by molar-refractivity contribution is -0.138. The van der Waals surface area contributed by atoms with Gasteiger partial charge in [-0.25, -0.2) is 15.1 Å². The summed E-state index contributed by atoms with van der Waals surface area (Å²) in [5.41, 5.74) is -3.03. The van der Waals surface area contributed by atoms with Gasteiger partial charge in [-0.2, -0.15) is 18.3 Å². The second-order valence-electron chi connectivity index (χ2n) is 8.10. The Labute approximate surface area is 197 Å². The smallest absolute Gasteiger partial charge is 0.380 e. The summed E-state index contributed by atoms with van der Waals surface area (Å²) < 4.78 is 45.3. The zero-order chi connectivity index (χ0) is 24.3. The normalized spacial score (nSPS) is 21.1. The molecule has 0 radical (unpaired) electrons. The first-order chi connectivity index (χ1) is 16.2. The van der Waals surface area contributed by atoms with Gasteiger partial charge < -0.3 is 19.9 Å². The fraction of sp³-hybridized carbons (Fsp3) is 0.550. The molecule has 2 aliphatic rings. The molecule has 1 amide bonds. The number of hydrogen-bond donors (Lipinski definition) is 2. The molecule has 14 heteroatoms. The van der Waals surface area contributed by atoms with Crippen molar-refractivity contribution in [2.24, 2.45) is 0 Å². The molecule has 0 spiro atoms. The zero-order valence-corrected chi connectivity index (χ0v) is 18.8. The number of rotatable bonds is 6. The van der Waals surface area contributed by atoms with Gasteiger partial charge in [0.2, 0.25) is 11.9 Å². The van der Waals surface area contributed by atoms with Crippen LogP contribution in [-0.4, -0.2) is 75.9 Å². The summed E-state index contributed by atoms with van der Waals surface area (Å²) in [4.78, 5) is 36.4. The average molecular weight is 502 g/mol. The summed E-state index contributed by atoms with van der Waals surface area (Å²) in [7, 11) is 0. The molecule has 1 unspecified atom stereocenters. The van der Waals surface area contributed by atoms with Gasteiger partial charge in [0.1, 0.15) is 5.56 Å². The van der Waals surface area contributed by atoms with Crippen LogP contribution in [0.1, 0.15) is 24.8 Å². The van der Waals surface area contributed by atoms with Gasteiger partial charge in [-0.15, -0.1) is 0 Å². The molecule has 0 aromatic carbocycles. The van der Waals surface area contributed by atoms with Crippen LogP contribution < -0.4 is 15.8 Å². The Morgan fingerprint density at radius 3 is 2.50 bits per heavy atom. The molecule has 184 valence electrons. The molecule has 2 saturated heterocycles. The molecule has 0 saturated carbocycles. The first kappa shape index (κ1) is 24.2. The highest BCUT2D eigenvalue weighted by atomic mass is 35.5. The number of piperazine rings is 1. The van der Waals surface area contributed by atoms with E-state index >= 15 is 0 Å². The van der Waals surface area contributed by atoms with Crippen molar-refractivity contribution in [1.82, 2.24) is 25.1 Å². The molecule has 2 aromatic rings. The number of carbonyl (C=O) groups is 1. The molecule has 10 nitrogen and oxygen atoms in total. The molecule has 2 fully saturated rings. The van der Waals surface area contributed by atoms with Crippen LogP contribution in [0, 0.1) is 0 Å². The highest BCUT2D eigenvalue weighted by Gasteiger charge is 2.38. The Bertz CT molecular complexity index is 1060. The highest BCUT2D eigenvalue weighted by Crippen LogP contribution is 2.32. The van der Waals surface area contributed by atoms with Gasteiger partial charge >= 0.3 is 6.18 Å². The number of H-pyrrole nitrogens is 1. The van der Waals surface area contributed by atoms with Gasteiger partial charge in [-0.05, 0) is 12.8 Å². The first-order valence-electron chi connectivity index (χ1n) is 10.7. The number of amides is 1. The molecule has 0 aliphatic carbocycles. The van der Waals surface area contributed by atoms with E-state index in [0.29, 0.717) is 50.0 Å². The fourth-order valence-electron chi connectivity index (χ4n) is 4.07. The molecule has 34 heavy (non-hydrogen) atoms. The van der Waals surface area contributed by atoms with Gasteiger partial charge in [0.25, 0.3) is 5.56 Å². The number of anilines is 2. The quantitative estimate of drug-likeness (QED) is 0.617. The first-order valence-corrected chi connectivity index (χ1v) is 11.1. The van der Waals surface area contributed by atoms with E-state index in [9.17, 15) is 22.8 Å². The lowest BCUT2D eigenvalue weighted by Gasteiger charge is -2.35. The van der Waals surface area contributed by atoms with Crippen LogP contribution in [0.15, 0.2) is 23.4 Å². The van der Waals surface area contributed by atoms with E-state index in [1.807, 2.05) is 4.90 Å². The number of halogens is 4. The summed E-state index contributed by atoms with van der Waals surface area (Å²) >= 11 is 5.81. The standard InChI is InChI=1S/C20H23ClF3N7O3/c21-12-8-26-19(27-9-12)31-5-3-30(4-6-31)16(32)7-13-1-2-14(34-13)10-25-15-11-28-29-18(33)17(15)20(22,23)24/h8-9,11,13-14H,1-7,10H2,(H2,25,29,33)/t13-,14?/m0/s1. The Morgan fingerprint density at radius 2 is 1.82 bits per heavy atom. The van der Waals surface area contributed by atoms with Crippen LogP contribution in [0.3, 0.4) is 0 Å². The summed E-state index contributed by atoms with van der Waals surface area (Å²) in [5, 5.41) is 8.30. The van der Waals surface area contributed by atoms with E-state index in [-0.39, 0.29) is 31.1 Å². The fourth-order valence-corrected chi connectivity index (χ4v) is 4.16. The van der Waals surface area contributed by atoms with Gasteiger partial charge in [0.05, 0.1) is 47.9 Å². The van der Waals surface area contributed by atoms with Crippen molar-refractivity contribution in [1.29, 1.82) is 0 Å². The Balaban J connectivity index is 1.23. The van der Waals surface area contributed by atoms with Gasteiger partial charge in [-0.1, -0.05) is 11.6 Å². The number of carbonyl (C=O) groups excluding carboxylic acids is 1. The SMILES string of the molecule is O=C(C[C@@H]1CCC(CNc2cn[nH]c(=O)c2C(F)(F)F)O1)N1CCN(c2ncc(Cl)cn2)CC1. The molecule has 4 heterocycles. The Kier molecular flexibility index (Phi) is 7.22. The number of ether oxygens (including phenoxy) is 1. The van der Waals surface area contributed by atoms with Gasteiger partial charge in [0, 0.05) is 32.7 Å². The van der Waals surface area contributed by atoms with Crippen LogP contribution in [0.25, 0.3) is 0 Å². The average Bonchev–Trinajstić information content (AvgIpc) is 3.24. The van der Waals surface area contributed by atoms with E-state index in [2.05, 4.69) is 20.4 Å². The van der Waals surface area contributed by atoms with Crippen LogP contribution in [0.5, 0.6) is 0 Å². The van der Waals surface area contributed by atoms with Gasteiger partial charge in [-0.3, -0.25) is 9.59 Å². The predicted octanol–water partition coefficient (Wildman–Crippen LogP) is 1.93. The van der Waals surface area contributed by atoms with E-state index in [4.69, 9.17) is 16.3 Å². The van der Waals surface area contributed by atoms with E-state index < -0.39 is 23.0 Å². The second kappa shape index (κ2) is 10.1. The third kappa shape index (κ3) is 5.76. The number of aromatic amines is 1. The van der Waals surface area contributed by atoms with Crippen molar-refractivity contribution in [3.63, 3.8) is 0 Å². The molecule has 2 aliphatic heterocycles. The minimum Gasteiger partial charge on any atom is -0.380 e. The lowest BCUT2D eigenvalue weighted by atomic mass is 10.1. The zero-order valence-electron chi connectivity index (χ0n) is 18.0. The van der Waals surface area contributed by atoms with E-state index in [1.165, 1.54) is 12.4 Å². The number of hydrogen-bond acceptors (Lipinski definition) is 8. The van der Waals surface area contributed by atoms with Crippen LogP contribution in [-0.2, 0) is 15.7 Å². The third-order valence-electron chi connectivity index (χ3n) is 5.78. The number of aromatic nitrogens is 4.